The molecule has 0 aromatic heterocycles. The quantitative estimate of drug-likeness (QED) is 0.410. The largest absolute Gasteiger partial charge is 2.00 e. The number of aliphatic carboxylic acids is 1. The third-order valence-corrected chi connectivity index (χ3v) is 0. The van der Waals surface area contributed by atoms with Gasteiger partial charge in [0.2, 0.25) is 0 Å². The molecule has 0 saturated heterocycles. The third kappa shape index (κ3) is 414. The number of carboxylic acid groups (broad SMARTS) is 1. The summed E-state index contributed by atoms with van der Waals surface area (Å²) in [5, 5.41) is 7.42. The van der Waals surface area contributed by atoms with Crippen LogP contribution in [0.3, 0.4) is 0 Å². The topological polar surface area (TPSA) is 68.8 Å². The Kier molecular flexibility index (Phi) is 57.5. The van der Waals surface area contributed by atoms with E-state index in [1.165, 1.54) is 0 Å². The first kappa shape index (κ1) is 22.5. The Morgan fingerprint density at radius 2 is 1.78 bits per heavy atom. The average Bonchev–Trinajstić information content (AvgIpc) is 1.33. The van der Waals surface area contributed by atoms with Crippen molar-refractivity contribution in [3.8, 4) is 0 Å². The van der Waals surface area contributed by atoms with Crippen LogP contribution in [0.4, 0.5) is 0 Å². The van der Waals surface area contributed by atoms with Gasteiger partial charge in [0.1, 0.15) is 0 Å². The van der Waals surface area contributed by atoms with Crippen LogP contribution in [0.15, 0.2) is 0 Å². The van der Waals surface area contributed by atoms with E-state index >= 15 is 0 Å². The van der Waals surface area contributed by atoms with Gasteiger partial charge < -0.3 is 13.4 Å². The molecule has 0 aliphatic carbocycles. The second kappa shape index (κ2) is 23.0. The number of carboxylic acids is 1. The monoisotopic (exact) mass is 182 g/mol. The van der Waals surface area contributed by atoms with Gasteiger partial charge in [-0.1, -0.05) is 6.92 Å². The van der Waals surface area contributed by atoms with Gasteiger partial charge in [-0.25, -0.2) is 0 Å². The molecule has 0 amide bonds. The second-order valence-corrected chi connectivity index (χ2v) is 1.47. The van der Waals surface area contributed by atoms with Crippen molar-refractivity contribution >= 4 is 56.3 Å². The van der Waals surface area contributed by atoms with Gasteiger partial charge in [0, 0.05) is 6.92 Å². The molecule has 0 saturated carbocycles. The van der Waals surface area contributed by atoms with Gasteiger partial charge in [-0.3, -0.25) is 4.79 Å². The van der Waals surface area contributed by atoms with Crippen LogP contribution < -0.4 is 0 Å². The molecule has 0 aliphatic rings. The van der Waals surface area contributed by atoms with Crippen molar-refractivity contribution < 1.29 is 18.2 Å². The molecule has 0 aromatic rings. The Morgan fingerprint density at radius 1 is 1.78 bits per heavy atom. The van der Waals surface area contributed by atoms with Crippen molar-refractivity contribution in [1.82, 2.24) is 0 Å². The number of rotatable bonds is 0. The molecule has 0 heterocycles. The molecule has 0 fully saturated rings. The van der Waals surface area contributed by atoms with Gasteiger partial charge in [-0.05, 0) is 5.75 Å². The minimum atomic E-state index is -0.833. The van der Waals surface area contributed by atoms with Crippen LogP contribution in [0, 0.1) is 0 Å². The van der Waals surface area contributed by atoms with Crippen LogP contribution in [0.5, 0.6) is 0 Å². The molecule has 56 valence electrons. The summed E-state index contributed by atoms with van der Waals surface area (Å²) in [6, 6.07) is 0. The summed E-state index contributed by atoms with van der Waals surface area (Å²) >= 11 is 3.79. The Bertz CT molecular complexity index is 54.6. The number of hydrogen-bond acceptors (Lipinski definition) is 2. The maximum Gasteiger partial charge on any atom is 2.00 e. The van der Waals surface area contributed by atoms with Gasteiger partial charge in [0.25, 0.3) is 5.97 Å². The molecule has 0 spiro atoms. The number of hydrogen-bond donors (Lipinski definition) is 2. The first-order valence-electron chi connectivity index (χ1n) is 1.95. The summed E-state index contributed by atoms with van der Waals surface area (Å²) in [7, 11) is 0. The first-order chi connectivity index (χ1) is 3.15. The summed E-state index contributed by atoms with van der Waals surface area (Å²) in [6.07, 6.45) is 0. The van der Waals surface area contributed by atoms with E-state index in [4.69, 9.17) is 9.90 Å². The van der Waals surface area contributed by atoms with E-state index in [-0.39, 0.29) is 46.1 Å². The standard InChI is InChI=1S/C2H4O2.C2H6S.Ca.H2O.2H/c1-2(3)4;1-2-3;;;;/h1H3,(H,3,4);3H,2H2,1H3;;1H2;;/q;;+2;;2*-1. The van der Waals surface area contributed by atoms with Crippen molar-refractivity contribution in [3.05, 3.63) is 0 Å². The van der Waals surface area contributed by atoms with Gasteiger partial charge in [-0.15, -0.1) is 0 Å². The molecular formula is C4H14CaO3S. The minimum Gasteiger partial charge on any atom is -1.00 e. The molecular weight excluding hydrogens is 168 g/mol. The molecule has 3 nitrogen and oxygen atoms in total. The summed E-state index contributed by atoms with van der Waals surface area (Å²) in [4.78, 5) is 9.00. The van der Waals surface area contributed by atoms with Gasteiger partial charge in [-0.2, -0.15) is 12.6 Å². The molecule has 0 radical (unpaired) electrons. The predicted molar refractivity (Wildman–Crippen MR) is 44.4 cm³/mol. The van der Waals surface area contributed by atoms with Crippen molar-refractivity contribution in [3.63, 3.8) is 0 Å². The summed E-state index contributed by atoms with van der Waals surface area (Å²) < 4.78 is 0. The zero-order chi connectivity index (χ0) is 6.28. The SMILES string of the molecule is CC(=O)O.CCS.O.[Ca+2].[H-].[H-]. The average molecular weight is 182 g/mol. The van der Waals surface area contributed by atoms with E-state index in [0.717, 1.165) is 12.7 Å². The Balaban J connectivity index is -0.00000000848. The second-order valence-electron chi connectivity index (χ2n) is 0.835. The normalized spacial score (nSPS) is 4.78. The van der Waals surface area contributed by atoms with Gasteiger partial charge in [0.15, 0.2) is 0 Å². The van der Waals surface area contributed by atoms with Crippen LogP contribution in [-0.4, -0.2) is 60.0 Å². The molecule has 5 heteroatoms. The summed E-state index contributed by atoms with van der Waals surface area (Å²) in [5.41, 5.74) is 0. The molecule has 0 rings (SSSR count). The molecule has 0 unspecified atom stereocenters. The molecule has 0 aliphatic heterocycles. The fourth-order valence-electron chi connectivity index (χ4n) is 0. The van der Waals surface area contributed by atoms with E-state index in [0.29, 0.717) is 0 Å². The smallest absolute Gasteiger partial charge is 1.00 e. The maximum atomic E-state index is 9.00. The van der Waals surface area contributed by atoms with E-state index in [1.807, 2.05) is 6.92 Å². The van der Waals surface area contributed by atoms with Crippen LogP contribution >= 0.6 is 12.6 Å². The van der Waals surface area contributed by atoms with Crippen molar-refractivity contribution in [2.75, 3.05) is 5.75 Å². The molecule has 9 heavy (non-hydrogen) atoms. The van der Waals surface area contributed by atoms with E-state index < -0.39 is 5.97 Å². The minimum absolute atomic E-state index is 0. The summed E-state index contributed by atoms with van der Waals surface area (Å²) in [5.74, 6) is 0.111. The van der Waals surface area contributed by atoms with Gasteiger partial charge in [0.05, 0.1) is 0 Å². The Morgan fingerprint density at radius 3 is 1.78 bits per heavy atom. The third-order valence-electron chi connectivity index (χ3n) is 0. The Hall–Kier alpha value is 1.04. The zero-order valence-electron chi connectivity index (χ0n) is 7.72. The first-order valence-corrected chi connectivity index (χ1v) is 2.58. The van der Waals surface area contributed by atoms with E-state index in [9.17, 15) is 0 Å². The fraction of sp³-hybridized carbons (Fsp3) is 0.750. The van der Waals surface area contributed by atoms with Crippen LogP contribution in [0.2, 0.25) is 0 Å². The maximum absolute atomic E-state index is 9.00. The van der Waals surface area contributed by atoms with Crippen molar-refractivity contribution in [2.24, 2.45) is 0 Å². The van der Waals surface area contributed by atoms with E-state index in [2.05, 4.69) is 12.6 Å². The molecule has 0 bridgehead atoms. The summed E-state index contributed by atoms with van der Waals surface area (Å²) in [6.45, 7) is 3.07. The van der Waals surface area contributed by atoms with E-state index in [1.54, 1.807) is 0 Å². The molecule has 0 aromatic carbocycles. The molecule has 0 atom stereocenters. The van der Waals surface area contributed by atoms with Crippen molar-refractivity contribution in [1.29, 1.82) is 0 Å². The Labute approximate surface area is 93.5 Å². The zero-order valence-corrected chi connectivity index (χ0v) is 8.82. The van der Waals surface area contributed by atoms with Crippen LogP contribution in [0.25, 0.3) is 0 Å². The van der Waals surface area contributed by atoms with Crippen LogP contribution in [-0.2, 0) is 4.79 Å². The molecule has 3 N–H and O–H groups in total. The fourth-order valence-corrected chi connectivity index (χ4v) is 0. The predicted octanol–water partition coefficient (Wildman–Crippen LogP) is 0.0465. The van der Waals surface area contributed by atoms with Crippen LogP contribution in [0.1, 0.15) is 16.7 Å². The van der Waals surface area contributed by atoms with Gasteiger partial charge >= 0.3 is 37.7 Å². The van der Waals surface area contributed by atoms with Crippen molar-refractivity contribution in [2.45, 2.75) is 13.8 Å². The number of thiol groups is 1. The number of carbonyl (C=O) groups is 1.